The van der Waals surface area contributed by atoms with E-state index in [4.69, 9.17) is 0 Å². The maximum Gasteiger partial charge on any atom is 0.244 e. The average molecular weight is 282 g/mol. The van der Waals surface area contributed by atoms with Crippen LogP contribution in [0.4, 0.5) is 0 Å². The second-order valence-electron chi connectivity index (χ2n) is 4.63. The first-order valence-electron chi connectivity index (χ1n) is 5.13. The van der Waals surface area contributed by atoms with Crippen molar-refractivity contribution < 1.29 is 4.79 Å². The highest BCUT2D eigenvalue weighted by molar-refractivity contribution is 9.10. The quantitative estimate of drug-likeness (QED) is 0.828. The van der Waals surface area contributed by atoms with E-state index in [0.717, 1.165) is 10.0 Å². The van der Waals surface area contributed by atoms with Crippen molar-refractivity contribution in [3.05, 3.63) is 40.4 Å². The van der Waals surface area contributed by atoms with Crippen molar-refractivity contribution in [3.63, 3.8) is 0 Å². The van der Waals surface area contributed by atoms with Gasteiger partial charge in [0.2, 0.25) is 5.91 Å². The summed E-state index contributed by atoms with van der Waals surface area (Å²) in [6, 6.07) is 7.80. The molecule has 1 rings (SSSR count). The van der Waals surface area contributed by atoms with Crippen molar-refractivity contribution in [3.8, 4) is 0 Å². The number of halogens is 1. The monoisotopic (exact) mass is 281 g/mol. The Morgan fingerprint density at radius 1 is 1.38 bits per heavy atom. The first kappa shape index (κ1) is 13.0. The van der Waals surface area contributed by atoms with Gasteiger partial charge in [-0.1, -0.05) is 28.1 Å². The lowest BCUT2D eigenvalue weighted by Crippen LogP contribution is -2.39. The SMILES string of the molecule is CC(C)(C)NC(=O)/C=C/c1cccc(Br)c1. The van der Waals surface area contributed by atoms with Gasteiger partial charge in [-0.25, -0.2) is 0 Å². The second-order valence-corrected chi connectivity index (χ2v) is 5.54. The lowest BCUT2D eigenvalue weighted by molar-refractivity contribution is -0.117. The molecule has 0 saturated heterocycles. The molecule has 1 aromatic carbocycles. The number of hydrogen-bond donors (Lipinski definition) is 1. The Morgan fingerprint density at radius 2 is 2.06 bits per heavy atom. The van der Waals surface area contributed by atoms with Gasteiger partial charge in [0, 0.05) is 16.1 Å². The molecular weight excluding hydrogens is 266 g/mol. The third-order valence-electron chi connectivity index (χ3n) is 1.77. The number of carbonyl (C=O) groups is 1. The lowest BCUT2D eigenvalue weighted by atomic mass is 10.1. The maximum atomic E-state index is 11.5. The Balaban J connectivity index is 2.64. The van der Waals surface area contributed by atoms with E-state index < -0.39 is 0 Å². The predicted molar refractivity (Wildman–Crippen MR) is 71.1 cm³/mol. The zero-order chi connectivity index (χ0) is 12.2. The Morgan fingerprint density at radius 3 is 2.62 bits per heavy atom. The molecule has 0 unspecified atom stereocenters. The van der Waals surface area contributed by atoms with Gasteiger partial charge in [-0.3, -0.25) is 4.79 Å². The number of benzene rings is 1. The van der Waals surface area contributed by atoms with Crippen molar-refractivity contribution in [1.82, 2.24) is 5.32 Å². The summed E-state index contributed by atoms with van der Waals surface area (Å²) < 4.78 is 1.01. The summed E-state index contributed by atoms with van der Waals surface area (Å²) in [4.78, 5) is 11.5. The molecule has 86 valence electrons. The molecule has 0 fully saturated rings. The summed E-state index contributed by atoms with van der Waals surface area (Å²) in [5.41, 5.74) is 0.803. The van der Waals surface area contributed by atoms with E-state index >= 15 is 0 Å². The Bertz CT molecular complexity index is 405. The summed E-state index contributed by atoms with van der Waals surface area (Å²) in [6.07, 6.45) is 3.35. The molecule has 1 amide bonds. The molecule has 16 heavy (non-hydrogen) atoms. The second kappa shape index (κ2) is 5.30. The van der Waals surface area contributed by atoms with E-state index in [2.05, 4.69) is 21.2 Å². The minimum atomic E-state index is -0.196. The normalized spacial score (nSPS) is 11.8. The van der Waals surface area contributed by atoms with E-state index in [0.29, 0.717) is 0 Å². The van der Waals surface area contributed by atoms with Crippen LogP contribution in [0.15, 0.2) is 34.8 Å². The largest absolute Gasteiger partial charge is 0.348 e. The van der Waals surface area contributed by atoms with E-state index in [1.54, 1.807) is 12.2 Å². The van der Waals surface area contributed by atoms with Gasteiger partial charge in [-0.05, 0) is 44.5 Å². The highest BCUT2D eigenvalue weighted by Crippen LogP contribution is 2.12. The zero-order valence-corrected chi connectivity index (χ0v) is 11.3. The Labute approximate surface area is 105 Å². The van der Waals surface area contributed by atoms with Crippen LogP contribution in [0, 0.1) is 0 Å². The lowest BCUT2D eigenvalue weighted by Gasteiger charge is -2.18. The van der Waals surface area contributed by atoms with Gasteiger partial charge < -0.3 is 5.32 Å². The molecule has 0 aliphatic heterocycles. The minimum Gasteiger partial charge on any atom is -0.348 e. The molecule has 0 aliphatic carbocycles. The van der Waals surface area contributed by atoms with Crippen molar-refractivity contribution in [1.29, 1.82) is 0 Å². The minimum absolute atomic E-state index is 0.0764. The van der Waals surface area contributed by atoms with Crippen molar-refractivity contribution in [2.45, 2.75) is 26.3 Å². The highest BCUT2D eigenvalue weighted by Gasteiger charge is 2.10. The maximum absolute atomic E-state index is 11.5. The molecule has 3 heteroatoms. The van der Waals surface area contributed by atoms with Gasteiger partial charge in [0.05, 0.1) is 0 Å². The van der Waals surface area contributed by atoms with Crippen LogP contribution in [-0.4, -0.2) is 11.4 Å². The zero-order valence-electron chi connectivity index (χ0n) is 9.75. The van der Waals surface area contributed by atoms with Crippen LogP contribution < -0.4 is 5.32 Å². The molecule has 0 atom stereocenters. The van der Waals surface area contributed by atoms with Gasteiger partial charge in [0.1, 0.15) is 0 Å². The van der Waals surface area contributed by atoms with Gasteiger partial charge in [-0.2, -0.15) is 0 Å². The molecular formula is C13H16BrNO. The standard InChI is InChI=1S/C13H16BrNO/c1-13(2,3)15-12(16)8-7-10-5-4-6-11(14)9-10/h4-9H,1-3H3,(H,15,16)/b8-7+. The summed E-state index contributed by atoms with van der Waals surface area (Å²) >= 11 is 3.38. The molecule has 0 aliphatic rings. The average Bonchev–Trinajstić information content (AvgIpc) is 2.12. The van der Waals surface area contributed by atoms with E-state index in [1.807, 2.05) is 45.0 Å². The van der Waals surface area contributed by atoms with Crippen LogP contribution in [0.25, 0.3) is 6.08 Å². The Kier molecular flexibility index (Phi) is 4.30. The third kappa shape index (κ3) is 5.12. The van der Waals surface area contributed by atoms with Crippen molar-refractivity contribution >= 4 is 27.9 Å². The molecule has 1 aromatic rings. The first-order chi connectivity index (χ1) is 7.37. The van der Waals surface area contributed by atoms with E-state index in [9.17, 15) is 4.79 Å². The molecule has 0 radical (unpaired) electrons. The number of amides is 1. The van der Waals surface area contributed by atoms with Crippen LogP contribution in [0.5, 0.6) is 0 Å². The van der Waals surface area contributed by atoms with Crippen LogP contribution in [-0.2, 0) is 4.79 Å². The summed E-state index contributed by atoms with van der Waals surface area (Å²) in [5.74, 6) is -0.0764. The van der Waals surface area contributed by atoms with Gasteiger partial charge >= 0.3 is 0 Å². The number of carbonyl (C=O) groups excluding carboxylic acids is 1. The number of hydrogen-bond acceptors (Lipinski definition) is 1. The number of nitrogens with one attached hydrogen (secondary N) is 1. The van der Waals surface area contributed by atoms with Gasteiger partial charge in [0.25, 0.3) is 0 Å². The smallest absolute Gasteiger partial charge is 0.244 e. The highest BCUT2D eigenvalue weighted by atomic mass is 79.9. The fourth-order valence-corrected chi connectivity index (χ4v) is 1.61. The van der Waals surface area contributed by atoms with Crippen molar-refractivity contribution in [2.24, 2.45) is 0 Å². The Hall–Kier alpha value is -1.09. The van der Waals surface area contributed by atoms with Gasteiger partial charge in [0.15, 0.2) is 0 Å². The summed E-state index contributed by atoms with van der Waals surface area (Å²) in [5, 5.41) is 2.87. The van der Waals surface area contributed by atoms with E-state index in [-0.39, 0.29) is 11.4 Å². The van der Waals surface area contributed by atoms with Crippen molar-refractivity contribution in [2.75, 3.05) is 0 Å². The van der Waals surface area contributed by atoms with Gasteiger partial charge in [-0.15, -0.1) is 0 Å². The fourth-order valence-electron chi connectivity index (χ4n) is 1.19. The molecule has 0 heterocycles. The molecule has 0 saturated carbocycles. The topological polar surface area (TPSA) is 29.1 Å². The van der Waals surface area contributed by atoms with Crippen LogP contribution in [0.2, 0.25) is 0 Å². The predicted octanol–water partition coefficient (Wildman–Crippen LogP) is 3.38. The van der Waals surface area contributed by atoms with Crippen LogP contribution in [0.3, 0.4) is 0 Å². The first-order valence-corrected chi connectivity index (χ1v) is 5.92. The molecule has 1 N–H and O–H groups in total. The molecule has 0 bridgehead atoms. The molecule has 0 spiro atoms. The molecule has 2 nitrogen and oxygen atoms in total. The van der Waals surface area contributed by atoms with E-state index in [1.165, 1.54) is 0 Å². The van der Waals surface area contributed by atoms with Crippen LogP contribution in [0.1, 0.15) is 26.3 Å². The van der Waals surface area contributed by atoms with Crippen LogP contribution >= 0.6 is 15.9 Å². The fraction of sp³-hybridized carbons (Fsp3) is 0.308. The molecule has 0 aromatic heterocycles. The number of rotatable bonds is 2. The summed E-state index contributed by atoms with van der Waals surface area (Å²) in [6.45, 7) is 5.87. The summed E-state index contributed by atoms with van der Waals surface area (Å²) in [7, 11) is 0. The third-order valence-corrected chi connectivity index (χ3v) is 2.27.